The van der Waals surface area contributed by atoms with Gasteiger partial charge in [-0.15, -0.1) is 0 Å². The molecule has 0 spiro atoms. The second-order valence-corrected chi connectivity index (χ2v) is 6.89. The van der Waals surface area contributed by atoms with Gasteiger partial charge < -0.3 is 16.0 Å². The van der Waals surface area contributed by atoms with Gasteiger partial charge in [0.1, 0.15) is 6.07 Å². The molecule has 2 amide bonds. The summed E-state index contributed by atoms with van der Waals surface area (Å²) < 4.78 is 0. The number of primary amides is 1. The van der Waals surface area contributed by atoms with Crippen LogP contribution in [0.25, 0.3) is 11.3 Å². The summed E-state index contributed by atoms with van der Waals surface area (Å²) in [5.41, 5.74) is 7.84. The van der Waals surface area contributed by atoms with Gasteiger partial charge >= 0.3 is 0 Å². The standard InChI is InChI=1S/C21H23N5O2/c22-13-17-3-1-9-24-19(17)15-5-7-16(8-6-15)21(28)25-10-12-26-11-2-4-18(14-26)20(23)27/h1,3,5-9,18H,2,4,10-12,14H2,(H2,23,27)(H,25,28)/t18-/m0/s1. The molecule has 28 heavy (non-hydrogen) atoms. The van der Waals surface area contributed by atoms with Crippen molar-refractivity contribution in [3.63, 3.8) is 0 Å². The van der Waals surface area contributed by atoms with E-state index in [4.69, 9.17) is 5.73 Å². The van der Waals surface area contributed by atoms with E-state index in [9.17, 15) is 14.9 Å². The maximum atomic E-state index is 12.4. The van der Waals surface area contributed by atoms with E-state index in [2.05, 4.69) is 21.3 Å². The van der Waals surface area contributed by atoms with Crippen molar-refractivity contribution in [1.29, 1.82) is 5.26 Å². The number of piperidine rings is 1. The number of hydrogen-bond donors (Lipinski definition) is 2. The molecule has 2 aromatic rings. The summed E-state index contributed by atoms with van der Waals surface area (Å²) in [6.45, 7) is 2.77. The van der Waals surface area contributed by atoms with Crippen molar-refractivity contribution in [2.75, 3.05) is 26.2 Å². The van der Waals surface area contributed by atoms with Crippen LogP contribution >= 0.6 is 0 Å². The van der Waals surface area contributed by atoms with Gasteiger partial charge in [-0.25, -0.2) is 0 Å². The monoisotopic (exact) mass is 377 g/mol. The zero-order valence-electron chi connectivity index (χ0n) is 15.6. The number of nitrogens with one attached hydrogen (secondary N) is 1. The molecule has 1 aromatic heterocycles. The zero-order valence-corrected chi connectivity index (χ0v) is 15.6. The second-order valence-electron chi connectivity index (χ2n) is 6.89. The van der Waals surface area contributed by atoms with E-state index >= 15 is 0 Å². The molecule has 144 valence electrons. The van der Waals surface area contributed by atoms with E-state index in [1.54, 1.807) is 42.6 Å². The highest BCUT2D eigenvalue weighted by Gasteiger charge is 2.23. The average Bonchev–Trinajstić information content (AvgIpc) is 2.74. The molecule has 1 atom stereocenters. The zero-order chi connectivity index (χ0) is 19.9. The van der Waals surface area contributed by atoms with Crippen molar-refractivity contribution in [2.24, 2.45) is 11.7 Å². The summed E-state index contributed by atoms with van der Waals surface area (Å²) in [5.74, 6) is -0.500. The van der Waals surface area contributed by atoms with Crippen LogP contribution in [0.5, 0.6) is 0 Å². The minimum atomic E-state index is -0.249. The number of pyridine rings is 1. The fraction of sp³-hybridized carbons (Fsp3) is 0.333. The van der Waals surface area contributed by atoms with Crippen molar-refractivity contribution in [1.82, 2.24) is 15.2 Å². The Bertz CT molecular complexity index is 888. The van der Waals surface area contributed by atoms with Gasteiger partial charge in [0.05, 0.1) is 17.2 Å². The summed E-state index contributed by atoms with van der Waals surface area (Å²) in [5, 5.41) is 12.1. The third-order valence-corrected chi connectivity index (χ3v) is 4.97. The third-order valence-electron chi connectivity index (χ3n) is 4.97. The Labute approximate surface area is 164 Å². The number of aromatic nitrogens is 1. The van der Waals surface area contributed by atoms with Crippen LogP contribution in [0, 0.1) is 17.2 Å². The summed E-state index contributed by atoms with van der Waals surface area (Å²) >= 11 is 0. The molecule has 1 aliphatic heterocycles. The Balaban J connectivity index is 1.54. The van der Waals surface area contributed by atoms with Crippen LogP contribution in [0.2, 0.25) is 0 Å². The van der Waals surface area contributed by atoms with Crippen LogP contribution in [0.4, 0.5) is 0 Å². The van der Waals surface area contributed by atoms with E-state index < -0.39 is 0 Å². The van der Waals surface area contributed by atoms with Crippen molar-refractivity contribution in [2.45, 2.75) is 12.8 Å². The maximum Gasteiger partial charge on any atom is 0.251 e. The summed E-state index contributed by atoms with van der Waals surface area (Å²) in [7, 11) is 0. The minimum absolute atomic E-state index is 0.0955. The van der Waals surface area contributed by atoms with E-state index in [1.165, 1.54) is 0 Å². The van der Waals surface area contributed by atoms with Gasteiger partial charge in [0.2, 0.25) is 5.91 Å². The van der Waals surface area contributed by atoms with E-state index in [0.29, 0.717) is 36.5 Å². The normalized spacial score (nSPS) is 16.9. The Kier molecular flexibility index (Phi) is 6.35. The second kappa shape index (κ2) is 9.11. The summed E-state index contributed by atoms with van der Waals surface area (Å²) in [6, 6.07) is 12.6. The molecule has 0 saturated carbocycles. The van der Waals surface area contributed by atoms with Crippen LogP contribution in [0.3, 0.4) is 0 Å². The molecule has 0 unspecified atom stereocenters. The number of carbonyl (C=O) groups excluding carboxylic acids is 2. The van der Waals surface area contributed by atoms with Crippen LogP contribution in [-0.2, 0) is 4.79 Å². The molecule has 3 N–H and O–H groups in total. The van der Waals surface area contributed by atoms with Gasteiger partial charge in [-0.2, -0.15) is 5.26 Å². The largest absolute Gasteiger partial charge is 0.369 e. The van der Waals surface area contributed by atoms with Gasteiger partial charge in [-0.1, -0.05) is 12.1 Å². The molecular formula is C21H23N5O2. The quantitative estimate of drug-likeness (QED) is 0.793. The molecule has 1 saturated heterocycles. The highest BCUT2D eigenvalue weighted by atomic mass is 16.2. The molecular weight excluding hydrogens is 354 g/mol. The van der Waals surface area contributed by atoms with Crippen LogP contribution in [-0.4, -0.2) is 47.9 Å². The first-order chi connectivity index (χ1) is 13.6. The van der Waals surface area contributed by atoms with Crippen LogP contribution in [0.15, 0.2) is 42.6 Å². The number of nitrogens with zero attached hydrogens (tertiary/aromatic N) is 3. The smallest absolute Gasteiger partial charge is 0.251 e. The number of amides is 2. The van der Waals surface area contributed by atoms with Crippen molar-refractivity contribution in [3.8, 4) is 17.3 Å². The minimum Gasteiger partial charge on any atom is -0.369 e. The van der Waals surface area contributed by atoms with Gasteiger partial charge in [-0.05, 0) is 43.7 Å². The Hall–Kier alpha value is -3.24. The van der Waals surface area contributed by atoms with Crippen LogP contribution in [0.1, 0.15) is 28.8 Å². The number of nitrogens with two attached hydrogens (primary N) is 1. The summed E-state index contributed by atoms with van der Waals surface area (Å²) in [4.78, 5) is 30.1. The lowest BCUT2D eigenvalue weighted by Crippen LogP contribution is -2.44. The highest BCUT2D eigenvalue weighted by molar-refractivity contribution is 5.94. The number of nitriles is 1. The molecule has 7 heteroatoms. The molecule has 0 bridgehead atoms. The fourth-order valence-electron chi connectivity index (χ4n) is 3.43. The lowest BCUT2D eigenvalue weighted by Gasteiger charge is -2.31. The molecule has 0 radical (unpaired) electrons. The number of carbonyl (C=O) groups is 2. The first-order valence-corrected chi connectivity index (χ1v) is 9.34. The third kappa shape index (κ3) is 4.72. The van der Waals surface area contributed by atoms with Gasteiger partial charge in [0.15, 0.2) is 0 Å². The highest BCUT2D eigenvalue weighted by Crippen LogP contribution is 2.21. The van der Waals surface area contributed by atoms with Crippen molar-refractivity contribution < 1.29 is 9.59 Å². The van der Waals surface area contributed by atoms with E-state index in [0.717, 1.165) is 24.9 Å². The lowest BCUT2D eigenvalue weighted by atomic mass is 9.97. The maximum absolute atomic E-state index is 12.4. The number of likely N-dealkylation sites (tertiary alicyclic amines) is 1. The molecule has 0 aliphatic carbocycles. The van der Waals surface area contributed by atoms with E-state index in [-0.39, 0.29) is 17.7 Å². The first kappa shape index (κ1) is 19.5. The number of rotatable bonds is 6. The number of hydrogen-bond acceptors (Lipinski definition) is 5. The molecule has 7 nitrogen and oxygen atoms in total. The Morgan fingerprint density at radius 1 is 1.29 bits per heavy atom. The van der Waals surface area contributed by atoms with Crippen molar-refractivity contribution >= 4 is 11.8 Å². The van der Waals surface area contributed by atoms with Crippen LogP contribution < -0.4 is 11.1 Å². The molecule has 1 fully saturated rings. The Morgan fingerprint density at radius 2 is 2.07 bits per heavy atom. The Morgan fingerprint density at radius 3 is 2.79 bits per heavy atom. The lowest BCUT2D eigenvalue weighted by molar-refractivity contribution is -0.123. The summed E-state index contributed by atoms with van der Waals surface area (Å²) in [6.07, 6.45) is 3.43. The topological polar surface area (TPSA) is 112 Å². The van der Waals surface area contributed by atoms with Crippen molar-refractivity contribution in [3.05, 3.63) is 53.7 Å². The van der Waals surface area contributed by atoms with Gasteiger partial charge in [0.25, 0.3) is 5.91 Å². The molecule has 1 aromatic carbocycles. The molecule has 3 rings (SSSR count). The molecule has 1 aliphatic rings. The average molecular weight is 377 g/mol. The van der Waals surface area contributed by atoms with Gasteiger partial charge in [0, 0.05) is 37.0 Å². The predicted molar refractivity (Wildman–Crippen MR) is 105 cm³/mol. The first-order valence-electron chi connectivity index (χ1n) is 9.34. The van der Waals surface area contributed by atoms with Gasteiger partial charge in [-0.3, -0.25) is 14.6 Å². The SMILES string of the molecule is N#Cc1cccnc1-c1ccc(C(=O)NCCN2CCC[C@H](C(N)=O)C2)cc1. The fourth-order valence-corrected chi connectivity index (χ4v) is 3.43. The molecule has 2 heterocycles. The van der Waals surface area contributed by atoms with E-state index in [1.807, 2.05) is 0 Å². The predicted octanol–water partition coefficient (Wildman–Crippen LogP) is 1.55. The number of benzene rings is 1.